The third-order valence-corrected chi connectivity index (χ3v) is 6.07. The lowest BCUT2D eigenvalue weighted by Crippen LogP contribution is -2.53. The molecule has 1 aliphatic heterocycles. The fourth-order valence-electron chi connectivity index (χ4n) is 2.76. The lowest BCUT2D eigenvalue weighted by molar-refractivity contribution is 0.373. The molecule has 0 radical (unpaired) electrons. The van der Waals surface area contributed by atoms with E-state index in [9.17, 15) is 8.42 Å². The van der Waals surface area contributed by atoms with Crippen molar-refractivity contribution in [2.45, 2.75) is 6.92 Å². The van der Waals surface area contributed by atoms with Crippen LogP contribution in [0.1, 0.15) is 6.92 Å². The first-order chi connectivity index (χ1) is 12.0. The van der Waals surface area contributed by atoms with Gasteiger partial charge in [0.05, 0.1) is 12.9 Å². The van der Waals surface area contributed by atoms with E-state index in [0.29, 0.717) is 6.54 Å². The summed E-state index contributed by atoms with van der Waals surface area (Å²) < 4.78 is 28.4. The maximum atomic E-state index is 11.6. The van der Waals surface area contributed by atoms with Crippen molar-refractivity contribution in [3.63, 3.8) is 0 Å². The zero-order valence-electron chi connectivity index (χ0n) is 15.2. The van der Waals surface area contributed by atoms with E-state index in [-0.39, 0.29) is 11.5 Å². The number of nitrogens with zero attached hydrogens (tertiary/aromatic N) is 3. The van der Waals surface area contributed by atoms with Gasteiger partial charge in [-0.3, -0.25) is 4.99 Å². The molecule has 1 aromatic carbocycles. The first kappa shape index (κ1) is 19.4. The van der Waals surface area contributed by atoms with E-state index >= 15 is 0 Å². The molecule has 0 unspecified atom stereocenters. The fourth-order valence-corrected chi connectivity index (χ4v) is 3.47. The topological polar surface area (TPSA) is 74.2 Å². The first-order valence-electron chi connectivity index (χ1n) is 8.54. The lowest BCUT2D eigenvalue weighted by atomic mass is 10.2. The second kappa shape index (κ2) is 8.94. The van der Waals surface area contributed by atoms with Crippen molar-refractivity contribution >= 4 is 21.5 Å². The van der Waals surface area contributed by atoms with Gasteiger partial charge in [0, 0.05) is 51.2 Å². The number of ether oxygens (including phenoxy) is 1. The maximum Gasteiger partial charge on any atom is 0.193 e. The summed E-state index contributed by atoms with van der Waals surface area (Å²) in [7, 11) is 0.434. The number of hydrogen-bond acceptors (Lipinski definition) is 5. The molecule has 1 aromatic rings. The van der Waals surface area contributed by atoms with Gasteiger partial charge in [-0.05, 0) is 24.3 Å². The molecule has 140 valence electrons. The van der Waals surface area contributed by atoms with Crippen LogP contribution in [0.2, 0.25) is 0 Å². The molecule has 0 amide bonds. The summed E-state index contributed by atoms with van der Waals surface area (Å²) in [5, 5.41) is 3.16. The fraction of sp³-hybridized carbons (Fsp3) is 0.588. The van der Waals surface area contributed by atoms with Gasteiger partial charge in [-0.15, -0.1) is 0 Å². The molecule has 2 rings (SSSR count). The Labute approximate surface area is 150 Å². The normalized spacial score (nSPS) is 16.0. The molecule has 0 aliphatic carbocycles. The van der Waals surface area contributed by atoms with Crippen molar-refractivity contribution in [3.05, 3.63) is 24.3 Å². The number of hydrogen-bond donors (Lipinski definition) is 1. The standard InChI is InChI=1S/C17H28N4O3S/c1-4-25(22,23)14-9-19-17(18-2)21-12-10-20(11-13-21)15-5-7-16(24-3)8-6-15/h5-8H,4,9-14H2,1-3H3,(H,18,19). The van der Waals surface area contributed by atoms with Gasteiger partial charge in [-0.2, -0.15) is 0 Å². The summed E-state index contributed by atoms with van der Waals surface area (Å²) in [6.45, 7) is 5.52. The molecule has 8 heteroatoms. The third-order valence-electron chi connectivity index (χ3n) is 4.36. The summed E-state index contributed by atoms with van der Waals surface area (Å²) >= 11 is 0. The Balaban J connectivity index is 1.84. The minimum Gasteiger partial charge on any atom is -0.497 e. The minimum atomic E-state index is -2.96. The molecule has 1 heterocycles. The second-order valence-electron chi connectivity index (χ2n) is 5.88. The van der Waals surface area contributed by atoms with E-state index < -0.39 is 9.84 Å². The summed E-state index contributed by atoms with van der Waals surface area (Å²) in [6, 6.07) is 8.07. The molecule has 0 bridgehead atoms. The second-order valence-corrected chi connectivity index (χ2v) is 8.36. The Morgan fingerprint density at radius 1 is 1.20 bits per heavy atom. The monoisotopic (exact) mass is 368 g/mol. The molecular formula is C17H28N4O3S. The van der Waals surface area contributed by atoms with Crippen molar-refractivity contribution < 1.29 is 13.2 Å². The highest BCUT2D eigenvalue weighted by molar-refractivity contribution is 7.91. The van der Waals surface area contributed by atoms with Gasteiger partial charge in [-0.1, -0.05) is 6.92 Å². The van der Waals surface area contributed by atoms with Gasteiger partial charge in [0.2, 0.25) is 0 Å². The van der Waals surface area contributed by atoms with Crippen LogP contribution in [-0.4, -0.2) is 77.7 Å². The SMILES string of the molecule is CCS(=O)(=O)CCNC(=NC)N1CCN(c2ccc(OC)cc2)CC1. The number of methoxy groups -OCH3 is 1. The van der Waals surface area contributed by atoms with Gasteiger partial charge in [-0.25, -0.2) is 8.42 Å². The Kier molecular flexibility index (Phi) is 6.92. The van der Waals surface area contributed by atoms with Crippen LogP contribution in [0.25, 0.3) is 0 Å². The third kappa shape index (κ3) is 5.52. The number of guanidine groups is 1. The van der Waals surface area contributed by atoms with Crippen molar-refractivity contribution in [1.29, 1.82) is 0 Å². The van der Waals surface area contributed by atoms with Crippen molar-refractivity contribution in [3.8, 4) is 5.75 Å². The molecule has 1 N–H and O–H groups in total. The Bertz CT molecular complexity index is 666. The highest BCUT2D eigenvalue weighted by Gasteiger charge is 2.20. The molecule has 0 atom stereocenters. The summed E-state index contributed by atoms with van der Waals surface area (Å²) in [5.74, 6) is 1.93. The van der Waals surface area contributed by atoms with Gasteiger partial charge in [0.15, 0.2) is 15.8 Å². The molecule has 1 saturated heterocycles. The maximum absolute atomic E-state index is 11.6. The number of nitrogens with one attached hydrogen (secondary N) is 1. The number of rotatable bonds is 6. The smallest absolute Gasteiger partial charge is 0.193 e. The van der Waals surface area contributed by atoms with Crippen LogP contribution in [0.5, 0.6) is 5.75 Å². The van der Waals surface area contributed by atoms with Crippen LogP contribution in [0, 0.1) is 0 Å². The van der Waals surface area contributed by atoms with Gasteiger partial charge in [0.1, 0.15) is 5.75 Å². The van der Waals surface area contributed by atoms with Crippen molar-refractivity contribution in [2.24, 2.45) is 4.99 Å². The van der Waals surface area contributed by atoms with Crippen LogP contribution < -0.4 is 15.0 Å². The largest absolute Gasteiger partial charge is 0.497 e. The Hall–Kier alpha value is -1.96. The molecule has 25 heavy (non-hydrogen) atoms. The number of piperazine rings is 1. The number of sulfone groups is 1. The number of aliphatic imine (C=N–C) groups is 1. The van der Waals surface area contributed by atoms with Gasteiger partial charge >= 0.3 is 0 Å². The van der Waals surface area contributed by atoms with E-state index in [4.69, 9.17) is 4.74 Å². The van der Waals surface area contributed by atoms with Gasteiger partial charge < -0.3 is 19.9 Å². The number of anilines is 1. The summed E-state index contributed by atoms with van der Waals surface area (Å²) in [4.78, 5) is 8.77. The van der Waals surface area contributed by atoms with E-state index in [1.54, 1.807) is 21.1 Å². The summed E-state index contributed by atoms with van der Waals surface area (Å²) in [5.41, 5.74) is 1.18. The van der Waals surface area contributed by atoms with Crippen LogP contribution in [0.15, 0.2) is 29.3 Å². The predicted molar refractivity (Wildman–Crippen MR) is 102 cm³/mol. The first-order valence-corrected chi connectivity index (χ1v) is 10.4. The van der Waals surface area contributed by atoms with E-state index in [2.05, 4.69) is 32.2 Å². The molecule has 0 saturated carbocycles. The van der Waals surface area contributed by atoms with Crippen LogP contribution in [0.4, 0.5) is 5.69 Å². The van der Waals surface area contributed by atoms with E-state index in [0.717, 1.165) is 37.9 Å². The zero-order chi connectivity index (χ0) is 18.3. The van der Waals surface area contributed by atoms with E-state index in [1.807, 2.05) is 12.1 Å². The molecule has 1 fully saturated rings. The van der Waals surface area contributed by atoms with Crippen molar-refractivity contribution in [2.75, 3.05) is 63.3 Å². The van der Waals surface area contributed by atoms with E-state index in [1.165, 1.54) is 5.69 Å². The lowest BCUT2D eigenvalue weighted by Gasteiger charge is -2.37. The van der Waals surface area contributed by atoms with Crippen LogP contribution >= 0.6 is 0 Å². The molecule has 1 aliphatic rings. The van der Waals surface area contributed by atoms with Crippen molar-refractivity contribution in [1.82, 2.24) is 10.2 Å². The Morgan fingerprint density at radius 3 is 2.36 bits per heavy atom. The Morgan fingerprint density at radius 2 is 1.84 bits per heavy atom. The summed E-state index contributed by atoms with van der Waals surface area (Å²) in [6.07, 6.45) is 0. The van der Waals surface area contributed by atoms with Gasteiger partial charge in [0.25, 0.3) is 0 Å². The zero-order valence-corrected chi connectivity index (χ0v) is 16.1. The highest BCUT2D eigenvalue weighted by atomic mass is 32.2. The average molecular weight is 369 g/mol. The average Bonchev–Trinajstić information content (AvgIpc) is 2.65. The van der Waals surface area contributed by atoms with Crippen LogP contribution in [0.3, 0.4) is 0 Å². The quantitative estimate of drug-likeness (QED) is 0.592. The molecule has 7 nitrogen and oxygen atoms in total. The minimum absolute atomic E-state index is 0.133. The molecular weight excluding hydrogens is 340 g/mol. The highest BCUT2D eigenvalue weighted by Crippen LogP contribution is 2.20. The molecule has 0 aromatic heterocycles. The van der Waals surface area contributed by atoms with Crippen LogP contribution in [-0.2, 0) is 9.84 Å². The number of benzene rings is 1. The predicted octanol–water partition coefficient (Wildman–Crippen LogP) is 0.827. The molecule has 0 spiro atoms.